The van der Waals surface area contributed by atoms with Gasteiger partial charge in [0.15, 0.2) is 5.82 Å². The molecule has 0 fully saturated rings. The molecule has 0 aliphatic rings. The number of H-pyrrole nitrogens is 1. The third-order valence-corrected chi connectivity index (χ3v) is 3.51. The third kappa shape index (κ3) is 3.43. The molecule has 2 heterocycles. The van der Waals surface area contributed by atoms with Gasteiger partial charge in [-0.3, -0.25) is 5.10 Å². The van der Waals surface area contributed by atoms with E-state index in [1.165, 1.54) is 0 Å². The van der Waals surface area contributed by atoms with E-state index in [-0.39, 0.29) is 0 Å². The van der Waals surface area contributed by atoms with Crippen LogP contribution in [0.1, 0.15) is 29.8 Å². The van der Waals surface area contributed by atoms with E-state index in [2.05, 4.69) is 27.2 Å². The number of halogens is 1. The molecular weight excluding hydrogens is 298 g/mol. The smallest absolute Gasteiger partial charge is 0.174 e. The van der Waals surface area contributed by atoms with E-state index < -0.39 is 0 Å². The highest BCUT2D eigenvalue weighted by molar-refractivity contribution is 6.30. The van der Waals surface area contributed by atoms with Crippen molar-refractivity contribution in [3.63, 3.8) is 0 Å². The molecule has 0 radical (unpaired) electrons. The highest BCUT2D eigenvalue weighted by Crippen LogP contribution is 2.12. The van der Waals surface area contributed by atoms with Gasteiger partial charge in [0.05, 0.1) is 12.2 Å². The van der Waals surface area contributed by atoms with Gasteiger partial charge in [-0.2, -0.15) is 10.2 Å². The van der Waals surface area contributed by atoms with E-state index in [0.29, 0.717) is 12.4 Å². The van der Waals surface area contributed by atoms with E-state index in [1.807, 2.05) is 47.2 Å². The van der Waals surface area contributed by atoms with Gasteiger partial charge in [-0.15, -0.1) is 0 Å². The van der Waals surface area contributed by atoms with Crippen LogP contribution in [-0.4, -0.2) is 25.0 Å². The zero-order chi connectivity index (χ0) is 15.4. The van der Waals surface area contributed by atoms with Gasteiger partial charge < -0.3 is 0 Å². The molecular formula is C16H16ClN5. The summed E-state index contributed by atoms with van der Waals surface area (Å²) in [5.41, 5.74) is 2.07. The van der Waals surface area contributed by atoms with E-state index >= 15 is 0 Å². The van der Waals surface area contributed by atoms with Crippen LogP contribution in [0, 0.1) is 0 Å². The summed E-state index contributed by atoms with van der Waals surface area (Å²) in [5.74, 6) is 1.65. The molecule has 6 heteroatoms. The zero-order valence-electron chi connectivity index (χ0n) is 12.2. The minimum Gasteiger partial charge on any atom is -0.281 e. The average molecular weight is 314 g/mol. The molecule has 0 unspecified atom stereocenters. The van der Waals surface area contributed by atoms with Crippen molar-refractivity contribution in [3.05, 3.63) is 64.5 Å². The van der Waals surface area contributed by atoms with Crippen molar-refractivity contribution in [2.75, 3.05) is 0 Å². The molecule has 0 amide bonds. The van der Waals surface area contributed by atoms with Crippen LogP contribution in [0.25, 0.3) is 12.2 Å². The van der Waals surface area contributed by atoms with Crippen molar-refractivity contribution >= 4 is 23.8 Å². The van der Waals surface area contributed by atoms with Crippen LogP contribution in [0.5, 0.6) is 0 Å². The maximum Gasteiger partial charge on any atom is 0.174 e. The molecule has 0 bridgehead atoms. The van der Waals surface area contributed by atoms with Crippen LogP contribution in [-0.2, 0) is 13.0 Å². The molecule has 5 nitrogen and oxygen atoms in total. The van der Waals surface area contributed by atoms with Gasteiger partial charge in [0, 0.05) is 17.6 Å². The summed E-state index contributed by atoms with van der Waals surface area (Å²) in [5, 5.41) is 12.2. The maximum absolute atomic E-state index is 5.88. The van der Waals surface area contributed by atoms with Crippen molar-refractivity contribution in [3.8, 4) is 0 Å². The number of nitrogens with zero attached hydrogens (tertiary/aromatic N) is 4. The van der Waals surface area contributed by atoms with Gasteiger partial charge in [0.25, 0.3) is 0 Å². The van der Waals surface area contributed by atoms with Gasteiger partial charge >= 0.3 is 0 Å². The minimum absolute atomic E-state index is 0.644. The number of hydrogen-bond donors (Lipinski definition) is 1. The molecule has 0 spiro atoms. The zero-order valence-corrected chi connectivity index (χ0v) is 13.0. The van der Waals surface area contributed by atoms with Crippen LogP contribution in [0.3, 0.4) is 0 Å². The summed E-state index contributed by atoms with van der Waals surface area (Å²) in [6.45, 7) is 2.71. The van der Waals surface area contributed by atoms with Gasteiger partial charge in [0.1, 0.15) is 5.82 Å². The lowest BCUT2D eigenvalue weighted by Crippen LogP contribution is -2.06. The normalized spacial score (nSPS) is 11.4. The summed E-state index contributed by atoms with van der Waals surface area (Å²) in [4.78, 5) is 4.55. The van der Waals surface area contributed by atoms with Gasteiger partial charge in [0.2, 0.25) is 0 Å². The van der Waals surface area contributed by atoms with Crippen molar-refractivity contribution in [2.24, 2.45) is 0 Å². The summed E-state index contributed by atoms with van der Waals surface area (Å²) in [6.07, 6.45) is 6.45. The second-order valence-electron chi connectivity index (χ2n) is 4.86. The standard InChI is InChI=1S/C16H16ClN5/c1-2-16-19-15(8-5-12-3-6-13(17)7-4-12)21-22(16)11-14-9-10-18-20-14/h3-10H,2,11H2,1H3,(H,18,20)/b8-5+. The number of aryl methyl sites for hydroxylation is 1. The van der Waals surface area contributed by atoms with Crippen molar-refractivity contribution < 1.29 is 0 Å². The predicted molar refractivity (Wildman–Crippen MR) is 87.5 cm³/mol. The molecule has 0 saturated carbocycles. The van der Waals surface area contributed by atoms with Crippen LogP contribution in [0.4, 0.5) is 0 Å². The molecule has 2 aromatic heterocycles. The lowest BCUT2D eigenvalue weighted by atomic mass is 10.2. The molecule has 3 rings (SSSR count). The Morgan fingerprint density at radius 2 is 2.00 bits per heavy atom. The summed E-state index contributed by atoms with van der Waals surface area (Å²) in [7, 11) is 0. The first kappa shape index (κ1) is 14.5. The van der Waals surface area contributed by atoms with Crippen LogP contribution < -0.4 is 0 Å². The number of aromatic amines is 1. The Bertz CT molecular complexity index is 756. The predicted octanol–water partition coefficient (Wildman–Crippen LogP) is 3.44. The molecule has 112 valence electrons. The molecule has 3 aromatic rings. The Hall–Kier alpha value is -2.40. The van der Waals surface area contributed by atoms with Crippen LogP contribution >= 0.6 is 11.6 Å². The van der Waals surface area contributed by atoms with E-state index in [1.54, 1.807) is 6.20 Å². The second-order valence-corrected chi connectivity index (χ2v) is 5.30. The van der Waals surface area contributed by atoms with Gasteiger partial charge in [-0.1, -0.05) is 36.7 Å². The van der Waals surface area contributed by atoms with Crippen LogP contribution in [0.15, 0.2) is 36.5 Å². The number of nitrogens with one attached hydrogen (secondary N) is 1. The van der Waals surface area contributed by atoms with Crippen molar-refractivity contribution in [1.29, 1.82) is 0 Å². The molecule has 0 atom stereocenters. The topological polar surface area (TPSA) is 59.4 Å². The van der Waals surface area contributed by atoms with Gasteiger partial charge in [-0.25, -0.2) is 9.67 Å². The number of aromatic nitrogens is 5. The molecule has 22 heavy (non-hydrogen) atoms. The molecule has 0 aliphatic heterocycles. The van der Waals surface area contributed by atoms with Crippen LogP contribution in [0.2, 0.25) is 5.02 Å². The molecule has 0 saturated heterocycles. The Morgan fingerprint density at radius 3 is 2.68 bits per heavy atom. The van der Waals surface area contributed by atoms with Gasteiger partial charge in [-0.05, 0) is 29.8 Å². The molecule has 1 aromatic carbocycles. The quantitative estimate of drug-likeness (QED) is 0.785. The second kappa shape index (κ2) is 6.58. The number of rotatable bonds is 5. The molecule has 0 aliphatic carbocycles. The first-order chi connectivity index (χ1) is 10.7. The largest absolute Gasteiger partial charge is 0.281 e. The third-order valence-electron chi connectivity index (χ3n) is 3.25. The fraction of sp³-hybridized carbons (Fsp3) is 0.188. The van der Waals surface area contributed by atoms with E-state index in [4.69, 9.17) is 11.6 Å². The monoisotopic (exact) mass is 313 g/mol. The lowest BCUT2D eigenvalue weighted by Gasteiger charge is -2.01. The minimum atomic E-state index is 0.644. The number of hydrogen-bond acceptors (Lipinski definition) is 3. The Labute approximate surface area is 133 Å². The first-order valence-corrected chi connectivity index (χ1v) is 7.48. The highest BCUT2D eigenvalue weighted by Gasteiger charge is 2.07. The fourth-order valence-corrected chi connectivity index (χ4v) is 2.26. The Morgan fingerprint density at radius 1 is 1.18 bits per heavy atom. The Balaban J connectivity index is 1.79. The SMILES string of the molecule is CCc1nc(/C=C/c2ccc(Cl)cc2)nn1Cc1ccn[nH]1. The Kier molecular flexibility index (Phi) is 4.34. The van der Waals surface area contributed by atoms with E-state index in [9.17, 15) is 0 Å². The lowest BCUT2D eigenvalue weighted by molar-refractivity contribution is 0.630. The summed E-state index contributed by atoms with van der Waals surface area (Å²) in [6, 6.07) is 9.58. The maximum atomic E-state index is 5.88. The summed E-state index contributed by atoms with van der Waals surface area (Å²) >= 11 is 5.88. The van der Waals surface area contributed by atoms with Crippen molar-refractivity contribution in [1.82, 2.24) is 25.0 Å². The average Bonchev–Trinajstić information content (AvgIpc) is 3.17. The summed E-state index contributed by atoms with van der Waals surface area (Å²) < 4.78 is 1.90. The number of benzene rings is 1. The first-order valence-electron chi connectivity index (χ1n) is 7.10. The highest BCUT2D eigenvalue weighted by atomic mass is 35.5. The fourth-order valence-electron chi connectivity index (χ4n) is 2.13. The molecule has 1 N–H and O–H groups in total. The van der Waals surface area contributed by atoms with E-state index in [0.717, 1.165) is 28.5 Å². The van der Waals surface area contributed by atoms with Crippen molar-refractivity contribution in [2.45, 2.75) is 19.9 Å².